The fourth-order valence-corrected chi connectivity index (χ4v) is 4.52. The molecule has 128 valence electrons. The Labute approximate surface area is 150 Å². The molecule has 1 aliphatic carbocycles. The molecule has 4 rings (SSSR count). The maximum absolute atomic E-state index is 12.4. The van der Waals surface area contributed by atoms with Crippen molar-refractivity contribution in [2.45, 2.75) is 48.8 Å². The van der Waals surface area contributed by atoms with E-state index in [0.29, 0.717) is 16.6 Å². The van der Waals surface area contributed by atoms with Crippen molar-refractivity contribution in [3.63, 3.8) is 0 Å². The number of carbonyl (C=O) groups excluding carboxylic acids is 1. The second kappa shape index (κ2) is 7.35. The average Bonchev–Trinajstić information content (AvgIpc) is 3.07. The topological polar surface area (TPSA) is 60.2 Å². The Balaban J connectivity index is 1.55. The van der Waals surface area contributed by atoms with Crippen molar-refractivity contribution >= 4 is 23.2 Å². The van der Waals surface area contributed by atoms with Gasteiger partial charge in [-0.1, -0.05) is 25.3 Å². The number of ketones is 1. The summed E-state index contributed by atoms with van der Waals surface area (Å²) in [5, 5.41) is 6.35. The Morgan fingerprint density at radius 2 is 2.04 bits per heavy atom. The number of hydrogen-bond donors (Lipinski definition) is 0. The summed E-state index contributed by atoms with van der Waals surface area (Å²) in [4.78, 5) is 20.9. The molecule has 3 heterocycles. The molecule has 0 radical (unpaired) electrons. The molecular formula is C19H20N4OS. The van der Waals surface area contributed by atoms with Crippen molar-refractivity contribution in [2.75, 3.05) is 0 Å². The van der Waals surface area contributed by atoms with Crippen LogP contribution in [0.1, 0.15) is 48.3 Å². The fraction of sp³-hybridized carbons (Fsp3) is 0.368. The lowest BCUT2D eigenvalue weighted by Gasteiger charge is -2.20. The summed E-state index contributed by atoms with van der Waals surface area (Å²) in [6.45, 7) is 0. The molecule has 3 aromatic rings. The van der Waals surface area contributed by atoms with E-state index in [9.17, 15) is 4.79 Å². The molecule has 0 aromatic carbocycles. The van der Waals surface area contributed by atoms with E-state index in [1.54, 1.807) is 24.5 Å². The van der Waals surface area contributed by atoms with Gasteiger partial charge in [-0.2, -0.15) is 0 Å². The van der Waals surface area contributed by atoms with Crippen LogP contribution in [-0.2, 0) is 6.42 Å². The van der Waals surface area contributed by atoms with Gasteiger partial charge in [0.15, 0.2) is 17.3 Å². The summed E-state index contributed by atoms with van der Waals surface area (Å²) < 4.78 is 1.88. The Kier molecular flexibility index (Phi) is 4.78. The summed E-state index contributed by atoms with van der Waals surface area (Å²) >= 11 is 1.89. The first-order chi connectivity index (χ1) is 12.3. The van der Waals surface area contributed by atoms with Crippen molar-refractivity contribution in [2.24, 2.45) is 0 Å². The van der Waals surface area contributed by atoms with Crippen molar-refractivity contribution < 1.29 is 4.79 Å². The Bertz CT molecular complexity index is 872. The normalized spacial score (nSPS) is 15.5. The smallest absolute Gasteiger partial charge is 0.172 e. The van der Waals surface area contributed by atoms with Crippen LogP contribution in [0, 0.1) is 0 Å². The van der Waals surface area contributed by atoms with E-state index in [0.717, 1.165) is 10.7 Å². The molecule has 1 fully saturated rings. The summed E-state index contributed by atoms with van der Waals surface area (Å²) in [6.07, 6.45) is 9.96. The van der Waals surface area contributed by atoms with Crippen molar-refractivity contribution in [1.29, 1.82) is 0 Å². The van der Waals surface area contributed by atoms with E-state index in [1.807, 2.05) is 28.4 Å². The second-order valence-electron chi connectivity index (χ2n) is 6.38. The van der Waals surface area contributed by atoms with Crippen LogP contribution < -0.4 is 0 Å². The quantitative estimate of drug-likeness (QED) is 0.650. The summed E-state index contributed by atoms with van der Waals surface area (Å²) in [6, 6.07) is 9.59. The predicted molar refractivity (Wildman–Crippen MR) is 98.0 cm³/mol. The van der Waals surface area contributed by atoms with Gasteiger partial charge in [-0.25, -0.2) is 9.50 Å². The molecule has 0 N–H and O–H groups in total. The minimum Gasteiger partial charge on any atom is -0.294 e. The zero-order valence-corrected chi connectivity index (χ0v) is 14.8. The van der Waals surface area contributed by atoms with Crippen LogP contribution in [0.25, 0.3) is 5.65 Å². The van der Waals surface area contributed by atoms with Gasteiger partial charge in [-0.15, -0.1) is 16.9 Å². The van der Waals surface area contributed by atoms with Crippen molar-refractivity contribution in [3.8, 4) is 0 Å². The number of fused-ring (bicyclic) bond motifs is 1. The largest absolute Gasteiger partial charge is 0.294 e. The molecule has 0 aliphatic heterocycles. The van der Waals surface area contributed by atoms with E-state index in [2.05, 4.69) is 21.1 Å². The maximum atomic E-state index is 12.4. The van der Waals surface area contributed by atoms with Gasteiger partial charge in [-0.3, -0.25) is 9.78 Å². The first-order valence-electron chi connectivity index (χ1n) is 8.74. The Morgan fingerprint density at radius 1 is 1.16 bits per heavy atom. The van der Waals surface area contributed by atoms with Gasteiger partial charge >= 0.3 is 0 Å². The Morgan fingerprint density at radius 3 is 2.84 bits per heavy atom. The van der Waals surface area contributed by atoms with Crippen molar-refractivity contribution in [3.05, 3.63) is 54.1 Å². The first-order valence-corrected chi connectivity index (χ1v) is 9.62. The highest BCUT2D eigenvalue weighted by Gasteiger charge is 2.18. The standard InChI is InChI=1S/C19H20N4OS/c24-16(14-6-5-11-20-13-14)12-17-21-18-9-4-10-19(23(18)22-17)25-15-7-2-1-3-8-15/h4-6,9-11,13,15H,1-3,7-8,12H2. The molecular weight excluding hydrogens is 332 g/mol. The third-order valence-electron chi connectivity index (χ3n) is 4.51. The number of nitrogens with zero attached hydrogens (tertiary/aromatic N) is 4. The maximum Gasteiger partial charge on any atom is 0.172 e. The van der Waals surface area contributed by atoms with E-state index < -0.39 is 0 Å². The minimum absolute atomic E-state index is 0.00881. The number of rotatable bonds is 5. The third kappa shape index (κ3) is 3.74. The van der Waals surface area contributed by atoms with E-state index in [-0.39, 0.29) is 12.2 Å². The highest BCUT2D eigenvalue weighted by atomic mass is 32.2. The van der Waals surface area contributed by atoms with Crippen LogP contribution in [0.5, 0.6) is 0 Å². The third-order valence-corrected chi connectivity index (χ3v) is 5.87. The number of hydrogen-bond acceptors (Lipinski definition) is 5. The minimum atomic E-state index is -0.00881. The highest BCUT2D eigenvalue weighted by Crippen LogP contribution is 2.33. The van der Waals surface area contributed by atoms with E-state index >= 15 is 0 Å². The van der Waals surface area contributed by atoms with E-state index in [1.165, 1.54) is 32.1 Å². The average molecular weight is 352 g/mol. The molecule has 0 unspecified atom stereocenters. The fourth-order valence-electron chi connectivity index (χ4n) is 3.22. The summed E-state index contributed by atoms with van der Waals surface area (Å²) in [7, 11) is 0. The molecule has 0 atom stereocenters. The van der Waals surface area contributed by atoms with Gasteiger partial charge in [0.2, 0.25) is 0 Å². The van der Waals surface area contributed by atoms with Gasteiger partial charge < -0.3 is 0 Å². The van der Waals surface area contributed by atoms with Gasteiger partial charge in [0.1, 0.15) is 5.03 Å². The van der Waals surface area contributed by atoms with Crippen LogP contribution in [0.2, 0.25) is 0 Å². The van der Waals surface area contributed by atoms with Crippen molar-refractivity contribution in [1.82, 2.24) is 19.6 Å². The molecule has 0 bridgehead atoms. The molecule has 5 nitrogen and oxygen atoms in total. The molecule has 6 heteroatoms. The lowest BCUT2D eigenvalue weighted by atomic mass is 10.0. The molecule has 0 saturated heterocycles. The highest BCUT2D eigenvalue weighted by molar-refractivity contribution is 7.99. The molecule has 1 saturated carbocycles. The van der Waals surface area contributed by atoms with Gasteiger partial charge in [0.25, 0.3) is 0 Å². The molecule has 0 amide bonds. The second-order valence-corrected chi connectivity index (χ2v) is 7.70. The van der Waals surface area contributed by atoms with E-state index in [4.69, 9.17) is 0 Å². The zero-order chi connectivity index (χ0) is 17.1. The predicted octanol–water partition coefficient (Wildman–Crippen LogP) is 3.97. The van der Waals surface area contributed by atoms with Crippen LogP contribution in [-0.4, -0.2) is 30.6 Å². The molecule has 1 aliphatic rings. The van der Waals surface area contributed by atoms with Gasteiger partial charge in [0, 0.05) is 23.2 Å². The van der Waals surface area contributed by atoms with Crippen LogP contribution in [0.15, 0.2) is 47.8 Å². The lowest BCUT2D eigenvalue weighted by Crippen LogP contribution is -2.09. The van der Waals surface area contributed by atoms with Crippen LogP contribution in [0.3, 0.4) is 0 Å². The van der Waals surface area contributed by atoms with Gasteiger partial charge in [0.05, 0.1) is 6.42 Å². The van der Waals surface area contributed by atoms with Crippen LogP contribution in [0.4, 0.5) is 0 Å². The molecule has 25 heavy (non-hydrogen) atoms. The zero-order valence-electron chi connectivity index (χ0n) is 14.0. The Hall–Kier alpha value is -2.21. The summed E-state index contributed by atoms with van der Waals surface area (Å²) in [5.74, 6) is 0.552. The number of Topliss-reactive ketones (excluding diaryl/α,β-unsaturated/α-hetero) is 1. The lowest BCUT2D eigenvalue weighted by molar-refractivity contribution is 0.0990. The molecule has 0 spiro atoms. The van der Waals surface area contributed by atoms with Crippen LogP contribution >= 0.6 is 11.8 Å². The summed E-state index contributed by atoms with van der Waals surface area (Å²) in [5.41, 5.74) is 1.40. The number of aromatic nitrogens is 4. The SMILES string of the molecule is O=C(Cc1nc2cccc(SC3CCCCC3)n2n1)c1cccnc1. The van der Waals surface area contributed by atoms with Gasteiger partial charge in [-0.05, 0) is 37.1 Å². The monoisotopic (exact) mass is 352 g/mol. The number of carbonyl (C=O) groups is 1. The first kappa shape index (κ1) is 16.3. The molecule has 3 aromatic heterocycles. The number of pyridine rings is 2. The number of thioether (sulfide) groups is 1.